The first-order valence-electron chi connectivity index (χ1n) is 4.84. The maximum absolute atomic E-state index is 11.6. The van der Waals surface area contributed by atoms with E-state index >= 15 is 0 Å². The maximum atomic E-state index is 11.6. The predicted octanol–water partition coefficient (Wildman–Crippen LogP) is -1.33. The lowest BCUT2D eigenvalue weighted by atomic mass is 10.1. The van der Waals surface area contributed by atoms with Gasteiger partial charge in [-0.2, -0.15) is 0 Å². The van der Waals surface area contributed by atoms with Crippen molar-refractivity contribution >= 4 is 21.6 Å². The lowest BCUT2D eigenvalue weighted by Crippen LogP contribution is -2.45. The van der Waals surface area contributed by atoms with E-state index in [1.807, 2.05) is 0 Å². The summed E-state index contributed by atoms with van der Waals surface area (Å²) >= 11 is 0. The number of carbonyl (C=O) groups excluding carboxylic acids is 1. The van der Waals surface area contributed by atoms with Gasteiger partial charge in [0.1, 0.15) is 0 Å². The molecular formula is C8H15N3O4S. The highest BCUT2D eigenvalue weighted by molar-refractivity contribution is 7.91. The standard InChI is InChI=1S/C8H15N3O4S/c1-5(7(9)11-13)10-8(12)6-2-3-16(14,15)4-6/h5-6,13H,2-4H2,1H3,(H2,9,11)(H,10,12). The molecule has 1 saturated heterocycles. The van der Waals surface area contributed by atoms with Gasteiger partial charge in [0.2, 0.25) is 5.91 Å². The van der Waals surface area contributed by atoms with Crippen molar-refractivity contribution in [2.75, 3.05) is 11.5 Å². The second-order valence-corrected chi connectivity index (χ2v) is 6.08. The number of amides is 1. The van der Waals surface area contributed by atoms with Gasteiger partial charge in [0.15, 0.2) is 15.7 Å². The molecule has 0 saturated carbocycles. The second-order valence-electron chi connectivity index (χ2n) is 3.86. The third-order valence-corrected chi connectivity index (χ3v) is 4.29. The third kappa shape index (κ3) is 3.09. The Labute approximate surface area is 93.6 Å². The van der Waals surface area contributed by atoms with Crippen LogP contribution in [-0.4, -0.2) is 42.9 Å². The van der Waals surface area contributed by atoms with Crippen LogP contribution in [0.4, 0.5) is 0 Å². The highest BCUT2D eigenvalue weighted by Crippen LogP contribution is 2.18. The fraction of sp³-hybridized carbons (Fsp3) is 0.750. The van der Waals surface area contributed by atoms with Gasteiger partial charge in [0, 0.05) is 0 Å². The van der Waals surface area contributed by atoms with E-state index in [-0.39, 0.29) is 23.2 Å². The molecule has 1 heterocycles. The lowest BCUT2D eigenvalue weighted by Gasteiger charge is -2.14. The smallest absolute Gasteiger partial charge is 0.224 e. The summed E-state index contributed by atoms with van der Waals surface area (Å²) in [6.45, 7) is 1.55. The molecule has 1 aliphatic heterocycles. The zero-order valence-electron chi connectivity index (χ0n) is 8.88. The Morgan fingerprint density at radius 1 is 1.62 bits per heavy atom. The molecule has 0 aromatic rings. The summed E-state index contributed by atoms with van der Waals surface area (Å²) in [7, 11) is -3.07. The average molecular weight is 249 g/mol. The van der Waals surface area contributed by atoms with Crippen LogP contribution >= 0.6 is 0 Å². The van der Waals surface area contributed by atoms with Crippen molar-refractivity contribution in [1.29, 1.82) is 0 Å². The zero-order valence-corrected chi connectivity index (χ0v) is 9.70. The highest BCUT2D eigenvalue weighted by atomic mass is 32.2. The Morgan fingerprint density at radius 2 is 2.25 bits per heavy atom. The van der Waals surface area contributed by atoms with Crippen LogP contribution in [0.3, 0.4) is 0 Å². The fourth-order valence-electron chi connectivity index (χ4n) is 1.49. The maximum Gasteiger partial charge on any atom is 0.224 e. The SMILES string of the molecule is CC(NC(=O)C1CCS(=O)(=O)C1)C(N)=NO. The van der Waals surface area contributed by atoms with E-state index in [9.17, 15) is 13.2 Å². The Kier molecular flexibility index (Phi) is 3.74. The lowest BCUT2D eigenvalue weighted by molar-refractivity contribution is -0.124. The van der Waals surface area contributed by atoms with E-state index < -0.39 is 21.8 Å². The van der Waals surface area contributed by atoms with Gasteiger partial charge < -0.3 is 16.3 Å². The van der Waals surface area contributed by atoms with E-state index in [0.717, 1.165) is 0 Å². The van der Waals surface area contributed by atoms with Crippen molar-refractivity contribution in [1.82, 2.24) is 5.32 Å². The van der Waals surface area contributed by atoms with Crippen LogP contribution in [0, 0.1) is 5.92 Å². The molecule has 0 spiro atoms. The van der Waals surface area contributed by atoms with Gasteiger partial charge in [-0.25, -0.2) is 8.42 Å². The molecule has 2 unspecified atom stereocenters. The molecule has 1 aliphatic rings. The molecular weight excluding hydrogens is 234 g/mol. The minimum atomic E-state index is -3.07. The molecule has 0 aromatic carbocycles. The third-order valence-electron chi connectivity index (χ3n) is 2.52. The summed E-state index contributed by atoms with van der Waals surface area (Å²) in [5, 5.41) is 13.6. The van der Waals surface area contributed by atoms with Crippen LogP contribution in [-0.2, 0) is 14.6 Å². The van der Waals surface area contributed by atoms with Crippen LogP contribution < -0.4 is 11.1 Å². The van der Waals surface area contributed by atoms with Crippen molar-refractivity contribution in [3.8, 4) is 0 Å². The summed E-state index contributed by atoms with van der Waals surface area (Å²) in [4.78, 5) is 11.6. The number of hydrogen-bond donors (Lipinski definition) is 3. The number of rotatable bonds is 3. The molecule has 1 amide bonds. The molecule has 7 nitrogen and oxygen atoms in total. The number of carbonyl (C=O) groups is 1. The second kappa shape index (κ2) is 4.69. The molecule has 0 radical (unpaired) electrons. The van der Waals surface area contributed by atoms with Crippen LogP contribution in [0.1, 0.15) is 13.3 Å². The minimum absolute atomic E-state index is 0.0447. The van der Waals surface area contributed by atoms with Crippen molar-refractivity contribution in [3.63, 3.8) is 0 Å². The van der Waals surface area contributed by atoms with E-state index in [2.05, 4.69) is 10.5 Å². The number of sulfone groups is 1. The number of nitrogens with one attached hydrogen (secondary N) is 1. The molecule has 4 N–H and O–H groups in total. The number of hydrogen-bond acceptors (Lipinski definition) is 5. The predicted molar refractivity (Wildman–Crippen MR) is 57.8 cm³/mol. The van der Waals surface area contributed by atoms with Crippen LogP contribution in [0.25, 0.3) is 0 Å². The Balaban J connectivity index is 2.55. The Hall–Kier alpha value is -1.31. The highest BCUT2D eigenvalue weighted by Gasteiger charge is 2.33. The first-order valence-corrected chi connectivity index (χ1v) is 6.66. The van der Waals surface area contributed by atoms with Crippen LogP contribution in [0.15, 0.2) is 5.16 Å². The molecule has 92 valence electrons. The van der Waals surface area contributed by atoms with Gasteiger partial charge in [-0.3, -0.25) is 4.79 Å². The molecule has 1 fully saturated rings. The van der Waals surface area contributed by atoms with Gasteiger partial charge >= 0.3 is 0 Å². The molecule has 0 aromatic heterocycles. The number of nitrogens with zero attached hydrogens (tertiary/aromatic N) is 1. The number of oxime groups is 1. The first kappa shape index (κ1) is 12.8. The normalized spacial score (nSPS) is 26.3. The van der Waals surface area contributed by atoms with Crippen molar-refractivity contribution in [3.05, 3.63) is 0 Å². The molecule has 2 atom stereocenters. The summed E-state index contributed by atoms with van der Waals surface area (Å²) in [5.74, 6) is -1.10. The molecule has 1 rings (SSSR count). The molecule has 16 heavy (non-hydrogen) atoms. The average Bonchev–Trinajstić information content (AvgIpc) is 2.57. The Morgan fingerprint density at radius 3 is 2.69 bits per heavy atom. The number of amidine groups is 1. The Bertz CT molecular complexity index is 404. The van der Waals surface area contributed by atoms with E-state index in [0.29, 0.717) is 6.42 Å². The summed E-state index contributed by atoms with van der Waals surface area (Å²) < 4.78 is 22.3. The minimum Gasteiger partial charge on any atom is -0.409 e. The quantitative estimate of drug-likeness (QED) is 0.248. The van der Waals surface area contributed by atoms with Gasteiger partial charge in [0.25, 0.3) is 0 Å². The van der Waals surface area contributed by atoms with Crippen LogP contribution in [0.2, 0.25) is 0 Å². The monoisotopic (exact) mass is 249 g/mol. The summed E-state index contributed by atoms with van der Waals surface area (Å²) in [6, 6.07) is -0.610. The molecule has 0 aliphatic carbocycles. The van der Waals surface area contributed by atoms with E-state index in [1.54, 1.807) is 6.92 Å². The van der Waals surface area contributed by atoms with Crippen molar-refractivity contribution in [2.24, 2.45) is 16.8 Å². The molecule has 8 heteroatoms. The van der Waals surface area contributed by atoms with Gasteiger partial charge in [-0.1, -0.05) is 5.16 Å². The first-order chi connectivity index (χ1) is 7.35. The topological polar surface area (TPSA) is 122 Å². The van der Waals surface area contributed by atoms with Gasteiger partial charge in [-0.15, -0.1) is 0 Å². The van der Waals surface area contributed by atoms with E-state index in [4.69, 9.17) is 10.9 Å². The van der Waals surface area contributed by atoms with Crippen molar-refractivity contribution < 1.29 is 18.4 Å². The van der Waals surface area contributed by atoms with E-state index in [1.165, 1.54) is 0 Å². The van der Waals surface area contributed by atoms with Crippen molar-refractivity contribution in [2.45, 2.75) is 19.4 Å². The largest absolute Gasteiger partial charge is 0.409 e. The fourth-order valence-corrected chi connectivity index (χ4v) is 3.23. The zero-order chi connectivity index (χ0) is 12.3. The van der Waals surface area contributed by atoms with Crippen LogP contribution in [0.5, 0.6) is 0 Å². The van der Waals surface area contributed by atoms with Gasteiger partial charge in [0.05, 0.1) is 23.5 Å². The molecule has 0 bridgehead atoms. The summed E-state index contributed by atoms with van der Waals surface area (Å²) in [5.41, 5.74) is 5.28. The summed E-state index contributed by atoms with van der Waals surface area (Å²) in [6.07, 6.45) is 0.330. The van der Waals surface area contributed by atoms with Gasteiger partial charge in [-0.05, 0) is 13.3 Å². The number of nitrogens with two attached hydrogens (primary N) is 1.